The van der Waals surface area contributed by atoms with Gasteiger partial charge < -0.3 is 15.4 Å². The number of halogens is 1. The molecule has 2 amide bonds. The summed E-state index contributed by atoms with van der Waals surface area (Å²) < 4.78 is 23.5. The van der Waals surface area contributed by atoms with Crippen molar-refractivity contribution in [2.45, 2.75) is 45.8 Å². The highest BCUT2D eigenvalue weighted by Crippen LogP contribution is 2.21. The molecule has 226 valence electrons. The van der Waals surface area contributed by atoms with Gasteiger partial charge in [-0.2, -0.15) is 5.10 Å². The Morgan fingerprint density at radius 2 is 1.98 bits per heavy atom. The number of carbonyl (C=O) groups is 2. The highest BCUT2D eigenvalue weighted by Gasteiger charge is 2.25. The summed E-state index contributed by atoms with van der Waals surface area (Å²) in [5.74, 6) is -1.05. The van der Waals surface area contributed by atoms with Crippen LogP contribution in [0.5, 0.6) is 5.75 Å². The molecule has 3 heterocycles. The fourth-order valence-electron chi connectivity index (χ4n) is 5.04. The zero-order valence-corrected chi connectivity index (χ0v) is 24.4. The van der Waals surface area contributed by atoms with Crippen LogP contribution in [0.3, 0.4) is 0 Å². The molecule has 0 fully saturated rings. The SMILES string of the molecule is CC(C)C[C@H]1NC(=O)c2cc(F)ccc2OCCn2cc(nn2)CCN(Cc2cccc(-n3cccn3)c2)CCNC1=O. The normalized spacial score (nSPS) is 17.3. The summed E-state index contributed by atoms with van der Waals surface area (Å²) in [7, 11) is 0. The van der Waals surface area contributed by atoms with Crippen molar-refractivity contribution in [1.82, 2.24) is 40.3 Å². The molecule has 12 heteroatoms. The number of nitrogens with one attached hydrogen (secondary N) is 2. The van der Waals surface area contributed by atoms with Crippen molar-refractivity contribution in [2.75, 3.05) is 26.2 Å². The van der Waals surface area contributed by atoms with Crippen LogP contribution in [-0.2, 0) is 24.3 Å². The van der Waals surface area contributed by atoms with Gasteiger partial charge in [0.1, 0.15) is 24.2 Å². The van der Waals surface area contributed by atoms with Gasteiger partial charge in [-0.05, 0) is 54.3 Å². The number of benzene rings is 2. The lowest BCUT2D eigenvalue weighted by Crippen LogP contribution is -2.49. The van der Waals surface area contributed by atoms with E-state index in [4.69, 9.17) is 4.74 Å². The fourth-order valence-corrected chi connectivity index (χ4v) is 5.04. The van der Waals surface area contributed by atoms with Crippen molar-refractivity contribution in [3.05, 3.63) is 89.8 Å². The lowest BCUT2D eigenvalue weighted by Gasteiger charge is -2.24. The zero-order valence-electron chi connectivity index (χ0n) is 24.4. The van der Waals surface area contributed by atoms with E-state index in [1.54, 1.807) is 10.9 Å². The van der Waals surface area contributed by atoms with Gasteiger partial charge in [-0.15, -0.1) is 5.10 Å². The Morgan fingerprint density at radius 3 is 2.79 bits per heavy atom. The van der Waals surface area contributed by atoms with Crippen LogP contribution in [0.2, 0.25) is 0 Å². The van der Waals surface area contributed by atoms with Crippen molar-refractivity contribution >= 4 is 11.8 Å². The van der Waals surface area contributed by atoms with E-state index >= 15 is 0 Å². The van der Waals surface area contributed by atoms with Gasteiger partial charge in [-0.1, -0.05) is 31.2 Å². The van der Waals surface area contributed by atoms with Crippen LogP contribution < -0.4 is 15.4 Å². The number of amides is 2. The van der Waals surface area contributed by atoms with Gasteiger partial charge in [0.25, 0.3) is 5.91 Å². The summed E-state index contributed by atoms with van der Waals surface area (Å²) in [5, 5.41) is 18.7. The average molecular weight is 589 g/mol. The van der Waals surface area contributed by atoms with Crippen molar-refractivity contribution in [3.8, 4) is 11.4 Å². The standard InChI is InChI=1S/C31H37FN8O3/c1-22(2)17-28-31(42)33-11-14-38(20-23-5-3-6-26(18-23)40-12-4-10-34-40)13-9-25-21-39(37-36-25)15-16-43-29-8-7-24(32)19-27(29)30(41)35-28/h3-8,10,12,18-19,21-22,28H,9,11,13-17,20H2,1-2H3,(H,33,42)(H,35,41)/t28-/m1/s1. The number of rotatable bonds is 5. The molecular formula is C31H37FN8O3. The maximum atomic E-state index is 14.2. The predicted octanol–water partition coefficient (Wildman–Crippen LogP) is 3.00. The molecule has 0 unspecified atom stereocenters. The van der Waals surface area contributed by atoms with Gasteiger partial charge in [0.2, 0.25) is 5.91 Å². The molecule has 2 N–H and O–H groups in total. The lowest BCUT2D eigenvalue weighted by atomic mass is 10.0. The third-order valence-electron chi connectivity index (χ3n) is 7.18. The number of nitrogens with zero attached hydrogens (tertiary/aromatic N) is 6. The van der Waals surface area contributed by atoms with Crippen molar-refractivity contribution in [2.24, 2.45) is 5.92 Å². The minimum absolute atomic E-state index is 0.0328. The topological polar surface area (TPSA) is 119 Å². The molecule has 0 aliphatic carbocycles. The Balaban J connectivity index is 1.36. The quantitative estimate of drug-likeness (QED) is 0.368. The third-order valence-corrected chi connectivity index (χ3v) is 7.18. The van der Waals surface area contributed by atoms with E-state index in [9.17, 15) is 14.0 Å². The largest absolute Gasteiger partial charge is 0.491 e. The van der Waals surface area contributed by atoms with Gasteiger partial charge in [0.05, 0.1) is 23.5 Å². The highest BCUT2D eigenvalue weighted by molar-refractivity contribution is 5.99. The van der Waals surface area contributed by atoms with Crippen LogP contribution in [0.4, 0.5) is 4.39 Å². The molecule has 1 atom stereocenters. The highest BCUT2D eigenvalue weighted by atomic mass is 19.1. The minimum Gasteiger partial charge on any atom is -0.491 e. The van der Waals surface area contributed by atoms with E-state index in [-0.39, 0.29) is 29.7 Å². The monoisotopic (exact) mass is 588 g/mol. The fraction of sp³-hybridized carbons (Fsp3) is 0.387. The third kappa shape index (κ3) is 8.25. The van der Waals surface area contributed by atoms with E-state index in [0.717, 1.165) is 23.0 Å². The molecular weight excluding hydrogens is 551 g/mol. The van der Waals surface area contributed by atoms with Gasteiger partial charge in [-0.25, -0.2) is 13.8 Å². The smallest absolute Gasteiger partial charge is 0.255 e. The van der Waals surface area contributed by atoms with Crippen LogP contribution in [-0.4, -0.2) is 73.8 Å². The average Bonchev–Trinajstić information content (AvgIpc) is 3.68. The van der Waals surface area contributed by atoms with Crippen LogP contribution in [0.1, 0.15) is 41.9 Å². The Bertz CT molecular complexity index is 1520. The molecule has 2 bridgehead atoms. The van der Waals surface area contributed by atoms with E-state index < -0.39 is 17.8 Å². The zero-order chi connectivity index (χ0) is 30.2. The molecule has 2 aromatic heterocycles. The first-order chi connectivity index (χ1) is 20.8. The van der Waals surface area contributed by atoms with Crippen molar-refractivity contribution < 1.29 is 18.7 Å². The molecule has 2 aromatic carbocycles. The van der Waals surface area contributed by atoms with Gasteiger partial charge in [0.15, 0.2) is 0 Å². The molecule has 0 saturated heterocycles. The molecule has 1 aliphatic heterocycles. The van der Waals surface area contributed by atoms with Crippen molar-refractivity contribution in [1.29, 1.82) is 0 Å². The van der Waals surface area contributed by atoms with Gasteiger partial charge >= 0.3 is 0 Å². The number of fused-ring (bicyclic) bond motifs is 3. The Labute approximate surface area is 250 Å². The minimum atomic E-state index is -0.786. The second-order valence-corrected chi connectivity index (χ2v) is 11.1. The molecule has 5 rings (SSSR count). The van der Waals surface area contributed by atoms with E-state index in [0.29, 0.717) is 45.6 Å². The van der Waals surface area contributed by atoms with E-state index in [2.05, 4.69) is 43.1 Å². The number of hydrogen-bond acceptors (Lipinski definition) is 7. The van der Waals surface area contributed by atoms with Crippen LogP contribution in [0.15, 0.2) is 67.1 Å². The maximum Gasteiger partial charge on any atom is 0.255 e. The molecule has 0 radical (unpaired) electrons. The Morgan fingerprint density at radius 1 is 1.09 bits per heavy atom. The second kappa shape index (κ2) is 14.1. The Hall–Kier alpha value is -4.58. The molecule has 0 spiro atoms. The van der Waals surface area contributed by atoms with Crippen LogP contribution in [0.25, 0.3) is 5.69 Å². The molecule has 0 saturated carbocycles. The lowest BCUT2D eigenvalue weighted by molar-refractivity contribution is -0.123. The first-order valence-electron chi connectivity index (χ1n) is 14.6. The Kier molecular flexibility index (Phi) is 9.77. The first-order valence-corrected chi connectivity index (χ1v) is 14.6. The number of hydrogen-bond donors (Lipinski definition) is 2. The summed E-state index contributed by atoms with van der Waals surface area (Å²) in [6.45, 7) is 6.87. The first kappa shape index (κ1) is 29.9. The summed E-state index contributed by atoms with van der Waals surface area (Å²) in [4.78, 5) is 28.8. The summed E-state index contributed by atoms with van der Waals surface area (Å²) >= 11 is 0. The molecule has 1 aliphatic rings. The van der Waals surface area contributed by atoms with Crippen LogP contribution >= 0.6 is 0 Å². The van der Waals surface area contributed by atoms with Crippen molar-refractivity contribution in [3.63, 3.8) is 0 Å². The summed E-state index contributed by atoms with van der Waals surface area (Å²) in [6.07, 6.45) is 6.62. The number of ether oxygens (including phenoxy) is 1. The number of aromatic nitrogens is 5. The predicted molar refractivity (Wildman–Crippen MR) is 158 cm³/mol. The molecule has 11 nitrogen and oxygen atoms in total. The number of carbonyl (C=O) groups excluding carboxylic acids is 2. The van der Waals surface area contributed by atoms with E-state index in [1.165, 1.54) is 12.1 Å². The van der Waals surface area contributed by atoms with Gasteiger partial charge in [-0.3, -0.25) is 14.5 Å². The maximum absolute atomic E-state index is 14.2. The van der Waals surface area contributed by atoms with Crippen LogP contribution in [0, 0.1) is 11.7 Å². The second-order valence-electron chi connectivity index (χ2n) is 11.1. The van der Waals surface area contributed by atoms with Gasteiger partial charge in [0, 0.05) is 51.2 Å². The molecule has 43 heavy (non-hydrogen) atoms. The summed E-state index contributed by atoms with van der Waals surface area (Å²) in [6, 6.07) is 13.1. The molecule has 4 aromatic rings. The van der Waals surface area contributed by atoms with E-state index in [1.807, 2.05) is 49.1 Å². The summed E-state index contributed by atoms with van der Waals surface area (Å²) in [5.41, 5.74) is 2.94.